The van der Waals surface area contributed by atoms with Gasteiger partial charge in [-0.1, -0.05) is 6.92 Å². The van der Waals surface area contributed by atoms with E-state index in [0.29, 0.717) is 38.5 Å². The van der Waals surface area contributed by atoms with Crippen LogP contribution in [0.3, 0.4) is 0 Å². The van der Waals surface area contributed by atoms with Gasteiger partial charge in [-0.3, -0.25) is 4.79 Å². The van der Waals surface area contributed by atoms with Crippen LogP contribution >= 0.6 is 0 Å². The van der Waals surface area contributed by atoms with Crippen LogP contribution in [0.1, 0.15) is 26.2 Å². The Morgan fingerprint density at radius 1 is 1.53 bits per heavy atom. The van der Waals surface area contributed by atoms with Gasteiger partial charge in [0.2, 0.25) is 5.91 Å². The first-order valence-electron chi connectivity index (χ1n) is 5.69. The lowest BCUT2D eigenvalue weighted by Crippen LogP contribution is -2.47. The summed E-state index contributed by atoms with van der Waals surface area (Å²) in [7, 11) is 0. The van der Waals surface area contributed by atoms with E-state index in [1.54, 1.807) is 0 Å². The maximum atomic E-state index is 11.5. The molecule has 0 spiro atoms. The van der Waals surface area contributed by atoms with E-state index in [1.807, 2.05) is 0 Å². The van der Waals surface area contributed by atoms with E-state index < -0.39 is 5.60 Å². The van der Waals surface area contributed by atoms with Crippen LogP contribution in [0.2, 0.25) is 0 Å². The number of carbonyl (C=O) groups is 1. The molecule has 1 heterocycles. The highest BCUT2D eigenvalue weighted by atomic mass is 16.5. The molecule has 2 atom stereocenters. The summed E-state index contributed by atoms with van der Waals surface area (Å²) in [6.45, 7) is 3.63. The van der Waals surface area contributed by atoms with E-state index in [0.717, 1.165) is 6.42 Å². The van der Waals surface area contributed by atoms with Crippen LogP contribution < -0.4 is 5.32 Å². The van der Waals surface area contributed by atoms with E-state index in [1.165, 1.54) is 0 Å². The summed E-state index contributed by atoms with van der Waals surface area (Å²) in [5.41, 5.74) is -0.744. The number of amides is 1. The monoisotopic (exact) mass is 213 g/mol. The highest BCUT2D eigenvalue weighted by Gasteiger charge is 2.40. The molecule has 4 nitrogen and oxygen atoms in total. The average Bonchev–Trinajstić information content (AvgIpc) is 2.93. The molecule has 1 aliphatic carbocycles. The number of aliphatic hydroxyl groups is 1. The number of carbonyl (C=O) groups excluding carboxylic acids is 1. The molecule has 1 saturated heterocycles. The molecule has 1 aliphatic heterocycles. The smallest absolute Gasteiger partial charge is 0.223 e. The van der Waals surface area contributed by atoms with Crippen LogP contribution in [0.4, 0.5) is 0 Å². The largest absolute Gasteiger partial charge is 0.388 e. The van der Waals surface area contributed by atoms with Crippen molar-refractivity contribution in [2.75, 3.05) is 19.8 Å². The van der Waals surface area contributed by atoms with Crippen molar-refractivity contribution in [1.82, 2.24) is 5.32 Å². The quantitative estimate of drug-likeness (QED) is 0.709. The van der Waals surface area contributed by atoms with E-state index in [2.05, 4.69) is 12.2 Å². The van der Waals surface area contributed by atoms with Crippen molar-refractivity contribution < 1.29 is 14.6 Å². The Hall–Kier alpha value is -0.610. The molecule has 4 heteroatoms. The van der Waals surface area contributed by atoms with Crippen LogP contribution in [0.25, 0.3) is 0 Å². The van der Waals surface area contributed by atoms with Gasteiger partial charge in [-0.05, 0) is 12.3 Å². The summed E-state index contributed by atoms with van der Waals surface area (Å²) >= 11 is 0. The Labute approximate surface area is 90.0 Å². The summed E-state index contributed by atoms with van der Waals surface area (Å²) in [5.74, 6) is 0.810. The predicted octanol–water partition coefficient (Wildman–Crippen LogP) is 0.300. The van der Waals surface area contributed by atoms with E-state index in [4.69, 9.17) is 4.74 Å². The van der Waals surface area contributed by atoms with Gasteiger partial charge in [-0.2, -0.15) is 0 Å². The first-order chi connectivity index (χ1) is 7.11. The first-order valence-corrected chi connectivity index (χ1v) is 5.69. The predicted molar refractivity (Wildman–Crippen MR) is 55.3 cm³/mol. The average molecular weight is 213 g/mol. The van der Waals surface area contributed by atoms with Crippen molar-refractivity contribution in [2.24, 2.45) is 11.8 Å². The molecule has 15 heavy (non-hydrogen) atoms. The molecule has 2 fully saturated rings. The maximum absolute atomic E-state index is 11.5. The van der Waals surface area contributed by atoms with Gasteiger partial charge in [0.05, 0.1) is 5.60 Å². The summed E-state index contributed by atoms with van der Waals surface area (Å²) in [6.07, 6.45) is 2.23. The summed E-state index contributed by atoms with van der Waals surface area (Å²) in [6, 6.07) is 0. The van der Waals surface area contributed by atoms with Crippen LogP contribution in [0.5, 0.6) is 0 Å². The summed E-state index contributed by atoms with van der Waals surface area (Å²) in [5, 5.41) is 12.9. The lowest BCUT2D eigenvalue weighted by Gasteiger charge is -2.32. The van der Waals surface area contributed by atoms with Crippen molar-refractivity contribution >= 4 is 5.91 Å². The molecule has 2 aliphatic rings. The Balaban J connectivity index is 1.74. The molecule has 2 N–H and O–H groups in total. The highest BCUT2D eigenvalue weighted by Crippen LogP contribution is 2.37. The molecular weight excluding hydrogens is 194 g/mol. The number of hydrogen-bond acceptors (Lipinski definition) is 3. The fourth-order valence-electron chi connectivity index (χ4n) is 2.00. The third-order valence-corrected chi connectivity index (χ3v) is 3.46. The lowest BCUT2D eigenvalue weighted by molar-refractivity contribution is -0.125. The molecule has 0 radical (unpaired) electrons. The van der Waals surface area contributed by atoms with Crippen molar-refractivity contribution in [3.8, 4) is 0 Å². The zero-order valence-electron chi connectivity index (χ0n) is 9.16. The van der Waals surface area contributed by atoms with Gasteiger partial charge in [0.25, 0.3) is 0 Å². The molecule has 2 unspecified atom stereocenters. The Morgan fingerprint density at radius 3 is 2.67 bits per heavy atom. The van der Waals surface area contributed by atoms with Gasteiger partial charge in [0.1, 0.15) is 0 Å². The fraction of sp³-hybridized carbons (Fsp3) is 0.909. The number of nitrogens with one attached hydrogen (secondary N) is 1. The molecule has 0 aromatic rings. The van der Waals surface area contributed by atoms with E-state index in [9.17, 15) is 9.90 Å². The van der Waals surface area contributed by atoms with Crippen molar-refractivity contribution in [3.63, 3.8) is 0 Å². The van der Waals surface area contributed by atoms with Gasteiger partial charge in [-0.25, -0.2) is 0 Å². The second-order valence-electron chi connectivity index (χ2n) is 4.87. The minimum atomic E-state index is -0.744. The normalized spacial score (nSPS) is 33.5. The number of ether oxygens (including phenoxy) is 1. The van der Waals surface area contributed by atoms with Gasteiger partial charge < -0.3 is 15.2 Å². The first kappa shape index (κ1) is 10.9. The van der Waals surface area contributed by atoms with Gasteiger partial charge >= 0.3 is 0 Å². The molecule has 86 valence electrons. The molecule has 0 aromatic heterocycles. The van der Waals surface area contributed by atoms with Crippen LogP contribution in [-0.2, 0) is 9.53 Å². The van der Waals surface area contributed by atoms with E-state index >= 15 is 0 Å². The fourth-order valence-corrected chi connectivity index (χ4v) is 2.00. The highest BCUT2D eigenvalue weighted by molar-refractivity contribution is 5.81. The summed E-state index contributed by atoms with van der Waals surface area (Å²) in [4.78, 5) is 11.5. The zero-order chi connectivity index (χ0) is 10.9. The molecule has 1 saturated carbocycles. The Bertz CT molecular complexity index is 248. The minimum absolute atomic E-state index is 0.0995. The van der Waals surface area contributed by atoms with Crippen LogP contribution in [-0.4, -0.2) is 36.4 Å². The second kappa shape index (κ2) is 4.10. The van der Waals surface area contributed by atoms with E-state index in [-0.39, 0.29) is 11.8 Å². The molecule has 2 rings (SSSR count). The second-order valence-corrected chi connectivity index (χ2v) is 4.87. The molecular formula is C11H19NO3. The molecule has 1 amide bonds. The Kier molecular flexibility index (Phi) is 2.98. The molecule has 0 aromatic carbocycles. The minimum Gasteiger partial charge on any atom is -0.388 e. The van der Waals surface area contributed by atoms with Crippen molar-refractivity contribution in [3.05, 3.63) is 0 Å². The van der Waals surface area contributed by atoms with Crippen molar-refractivity contribution in [1.29, 1.82) is 0 Å². The Morgan fingerprint density at radius 2 is 2.13 bits per heavy atom. The summed E-state index contributed by atoms with van der Waals surface area (Å²) < 4.78 is 5.18. The zero-order valence-corrected chi connectivity index (χ0v) is 9.16. The molecule has 0 bridgehead atoms. The van der Waals surface area contributed by atoms with Gasteiger partial charge in [0, 0.05) is 38.5 Å². The number of hydrogen-bond donors (Lipinski definition) is 2. The van der Waals surface area contributed by atoms with Gasteiger partial charge in [0.15, 0.2) is 0 Å². The van der Waals surface area contributed by atoms with Crippen LogP contribution in [0.15, 0.2) is 0 Å². The SMILES string of the molecule is CC1CC1C(=O)NCC1(O)CCOCC1. The topological polar surface area (TPSA) is 58.6 Å². The maximum Gasteiger partial charge on any atom is 0.223 e. The third-order valence-electron chi connectivity index (χ3n) is 3.46. The third kappa shape index (κ3) is 2.69. The number of rotatable bonds is 3. The lowest BCUT2D eigenvalue weighted by atomic mass is 9.94. The van der Waals surface area contributed by atoms with Crippen molar-refractivity contribution in [2.45, 2.75) is 31.8 Å². The standard InChI is InChI=1S/C11H19NO3/c1-8-6-9(8)10(13)12-7-11(14)2-4-15-5-3-11/h8-9,14H,2-7H2,1H3,(H,12,13). The van der Waals surface area contributed by atoms with Gasteiger partial charge in [-0.15, -0.1) is 0 Å². The van der Waals surface area contributed by atoms with Crippen LogP contribution in [0, 0.1) is 11.8 Å².